The SMILES string of the molecule is CC(C)(C)[Si](C)(C)OCc1ccc(Cl)cc1Cl. The van der Waals surface area contributed by atoms with E-state index < -0.39 is 8.32 Å². The molecule has 0 aliphatic rings. The summed E-state index contributed by atoms with van der Waals surface area (Å²) < 4.78 is 6.11. The summed E-state index contributed by atoms with van der Waals surface area (Å²) in [6.07, 6.45) is 0. The van der Waals surface area contributed by atoms with Gasteiger partial charge in [0.1, 0.15) is 0 Å². The molecule has 0 heterocycles. The minimum Gasteiger partial charge on any atom is -0.413 e. The highest BCUT2D eigenvalue weighted by molar-refractivity contribution is 6.74. The van der Waals surface area contributed by atoms with Crippen molar-refractivity contribution in [2.45, 2.75) is 45.5 Å². The Balaban J connectivity index is 2.74. The predicted octanol–water partition coefficient (Wildman–Crippen LogP) is 5.52. The molecule has 0 fully saturated rings. The highest BCUT2D eigenvalue weighted by Crippen LogP contribution is 2.37. The molecule has 0 saturated heterocycles. The Morgan fingerprint density at radius 2 is 1.76 bits per heavy atom. The molecule has 0 aliphatic carbocycles. The van der Waals surface area contributed by atoms with Crippen molar-refractivity contribution in [1.29, 1.82) is 0 Å². The molecule has 96 valence electrons. The van der Waals surface area contributed by atoms with Crippen molar-refractivity contribution in [3.8, 4) is 0 Å². The molecule has 0 unspecified atom stereocenters. The van der Waals surface area contributed by atoms with Gasteiger partial charge in [-0.3, -0.25) is 0 Å². The second-order valence-corrected chi connectivity index (χ2v) is 11.4. The van der Waals surface area contributed by atoms with E-state index in [0.717, 1.165) is 5.56 Å². The van der Waals surface area contributed by atoms with Crippen LogP contribution in [0.15, 0.2) is 18.2 Å². The lowest BCUT2D eigenvalue weighted by molar-refractivity contribution is 0.276. The van der Waals surface area contributed by atoms with Crippen LogP contribution >= 0.6 is 23.2 Å². The van der Waals surface area contributed by atoms with Gasteiger partial charge < -0.3 is 4.43 Å². The maximum Gasteiger partial charge on any atom is 0.192 e. The van der Waals surface area contributed by atoms with Crippen molar-refractivity contribution < 1.29 is 4.43 Å². The van der Waals surface area contributed by atoms with Crippen molar-refractivity contribution in [3.63, 3.8) is 0 Å². The summed E-state index contributed by atoms with van der Waals surface area (Å²) in [5.74, 6) is 0. The second kappa shape index (κ2) is 5.31. The van der Waals surface area contributed by atoms with E-state index in [1.807, 2.05) is 12.1 Å². The normalized spacial score (nSPS) is 12.9. The molecule has 0 atom stereocenters. The zero-order chi connectivity index (χ0) is 13.3. The number of benzene rings is 1. The third kappa shape index (κ3) is 3.99. The molecule has 17 heavy (non-hydrogen) atoms. The molecule has 0 amide bonds. The average molecular weight is 291 g/mol. The van der Waals surface area contributed by atoms with E-state index in [1.54, 1.807) is 6.07 Å². The van der Waals surface area contributed by atoms with Gasteiger partial charge in [0.05, 0.1) is 6.61 Å². The first-order valence-electron chi connectivity index (χ1n) is 5.71. The zero-order valence-corrected chi connectivity index (χ0v) is 13.6. The van der Waals surface area contributed by atoms with Gasteiger partial charge in [-0.2, -0.15) is 0 Å². The van der Waals surface area contributed by atoms with Crippen LogP contribution in [-0.2, 0) is 11.0 Å². The highest BCUT2D eigenvalue weighted by Gasteiger charge is 2.37. The zero-order valence-electron chi connectivity index (χ0n) is 11.1. The molecule has 0 N–H and O–H groups in total. The maximum atomic E-state index is 6.12. The van der Waals surface area contributed by atoms with Crippen LogP contribution < -0.4 is 0 Å². The van der Waals surface area contributed by atoms with E-state index in [2.05, 4.69) is 33.9 Å². The van der Waals surface area contributed by atoms with Gasteiger partial charge in [-0.1, -0.05) is 50.0 Å². The molecule has 0 aromatic heterocycles. The van der Waals surface area contributed by atoms with E-state index in [-0.39, 0.29) is 5.04 Å². The van der Waals surface area contributed by atoms with Crippen LogP contribution in [-0.4, -0.2) is 8.32 Å². The quantitative estimate of drug-likeness (QED) is 0.667. The van der Waals surface area contributed by atoms with Crippen LogP contribution in [0, 0.1) is 0 Å². The number of hydrogen-bond acceptors (Lipinski definition) is 1. The largest absolute Gasteiger partial charge is 0.413 e. The number of rotatable bonds is 3. The summed E-state index contributed by atoms with van der Waals surface area (Å²) in [5.41, 5.74) is 1.00. The lowest BCUT2D eigenvalue weighted by Crippen LogP contribution is -2.40. The van der Waals surface area contributed by atoms with Crippen molar-refractivity contribution in [1.82, 2.24) is 0 Å². The maximum absolute atomic E-state index is 6.12. The van der Waals surface area contributed by atoms with Gasteiger partial charge in [-0.25, -0.2) is 0 Å². The Morgan fingerprint density at radius 3 is 2.24 bits per heavy atom. The van der Waals surface area contributed by atoms with Crippen molar-refractivity contribution in [2.24, 2.45) is 0 Å². The summed E-state index contributed by atoms with van der Waals surface area (Å²) in [6.45, 7) is 11.7. The van der Waals surface area contributed by atoms with Crippen LogP contribution in [0.4, 0.5) is 0 Å². The Labute approximate surface area is 115 Å². The van der Waals surface area contributed by atoms with E-state index >= 15 is 0 Å². The molecule has 1 nitrogen and oxygen atoms in total. The molecule has 4 heteroatoms. The van der Waals surface area contributed by atoms with Gasteiger partial charge in [0, 0.05) is 10.0 Å². The van der Waals surface area contributed by atoms with Crippen LogP contribution in [0.3, 0.4) is 0 Å². The van der Waals surface area contributed by atoms with E-state index in [9.17, 15) is 0 Å². The van der Waals surface area contributed by atoms with E-state index in [0.29, 0.717) is 16.7 Å². The van der Waals surface area contributed by atoms with Gasteiger partial charge >= 0.3 is 0 Å². The highest BCUT2D eigenvalue weighted by atomic mass is 35.5. The van der Waals surface area contributed by atoms with Crippen molar-refractivity contribution >= 4 is 31.5 Å². The Morgan fingerprint density at radius 1 is 1.18 bits per heavy atom. The fourth-order valence-electron chi connectivity index (χ4n) is 1.11. The third-order valence-electron chi connectivity index (χ3n) is 3.41. The van der Waals surface area contributed by atoms with E-state index in [4.69, 9.17) is 27.6 Å². The molecule has 1 rings (SSSR count). The van der Waals surface area contributed by atoms with Gasteiger partial charge in [0.15, 0.2) is 8.32 Å². The van der Waals surface area contributed by atoms with Crippen molar-refractivity contribution in [3.05, 3.63) is 33.8 Å². The molecular weight excluding hydrogens is 271 g/mol. The smallest absolute Gasteiger partial charge is 0.192 e. The van der Waals surface area contributed by atoms with Crippen LogP contribution in [0.2, 0.25) is 28.2 Å². The van der Waals surface area contributed by atoms with Crippen LogP contribution in [0.25, 0.3) is 0 Å². The molecule has 0 spiro atoms. The van der Waals surface area contributed by atoms with Gasteiger partial charge in [-0.15, -0.1) is 0 Å². The minimum atomic E-state index is -1.72. The van der Waals surface area contributed by atoms with Gasteiger partial charge in [-0.05, 0) is 35.8 Å². The standard InChI is InChI=1S/C13H20Cl2OSi/c1-13(2,3)17(4,5)16-9-10-6-7-11(14)8-12(10)15/h6-8H,9H2,1-5H3. The molecular formula is C13H20Cl2OSi. The molecule has 1 aromatic carbocycles. The predicted molar refractivity (Wildman–Crippen MR) is 78.4 cm³/mol. The summed E-state index contributed by atoms with van der Waals surface area (Å²) >= 11 is 12.0. The molecule has 0 saturated carbocycles. The number of hydrogen-bond donors (Lipinski definition) is 0. The molecule has 0 bridgehead atoms. The minimum absolute atomic E-state index is 0.214. The second-order valence-electron chi connectivity index (χ2n) is 5.78. The average Bonchev–Trinajstić information content (AvgIpc) is 2.14. The molecule has 0 radical (unpaired) electrons. The fraction of sp³-hybridized carbons (Fsp3) is 0.538. The number of halogens is 2. The third-order valence-corrected chi connectivity index (χ3v) is 8.48. The first kappa shape index (κ1) is 15.0. The monoisotopic (exact) mass is 290 g/mol. The molecule has 1 aromatic rings. The summed E-state index contributed by atoms with van der Waals surface area (Å²) in [6, 6.07) is 5.53. The van der Waals surface area contributed by atoms with Crippen LogP contribution in [0.1, 0.15) is 26.3 Å². The van der Waals surface area contributed by atoms with E-state index in [1.165, 1.54) is 0 Å². The Bertz CT molecular complexity index is 397. The van der Waals surface area contributed by atoms with Crippen LogP contribution in [0.5, 0.6) is 0 Å². The molecule has 0 aliphatic heterocycles. The lowest BCUT2D eigenvalue weighted by Gasteiger charge is -2.36. The summed E-state index contributed by atoms with van der Waals surface area (Å²) in [5, 5.41) is 1.55. The first-order valence-corrected chi connectivity index (χ1v) is 9.38. The topological polar surface area (TPSA) is 9.23 Å². The van der Waals surface area contributed by atoms with Gasteiger partial charge in [0.25, 0.3) is 0 Å². The Hall–Kier alpha value is -0.0231. The lowest BCUT2D eigenvalue weighted by atomic mass is 10.2. The first-order chi connectivity index (χ1) is 7.63. The Kier molecular flexibility index (Phi) is 4.70. The summed E-state index contributed by atoms with van der Waals surface area (Å²) in [4.78, 5) is 0. The summed E-state index contributed by atoms with van der Waals surface area (Å²) in [7, 11) is -1.72. The van der Waals surface area contributed by atoms with Crippen molar-refractivity contribution in [2.75, 3.05) is 0 Å². The fourth-order valence-corrected chi connectivity index (χ4v) is 2.53. The van der Waals surface area contributed by atoms with Gasteiger partial charge in [0.2, 0.25) is 0 Å².